The number of hydrogen-bond acceptors (Lipinski definition) is 4. The topological polar surface area (TPSA) is 70.6 Å². The molecule has 0 bridgehead atoms. The summed E-state index contributed by atoms with van der Waals surface area (Å²) < 4.78 is 5.41. The third-order valence-electron chi connectivity index (χ3n) is 4.89. The molecule has 1 unspecified atom stereocenters. The molecule has 1 amide bonds. The van der Waals surface area contributed by atoms with Crippen LogP contribution in [0.4, 0.5) is 4.79 Å². The Morgan fingerprint density at radius 3 is 2.32 bits per heavy atom. The van der Waals surface area contributed by atoms with Crippen LogP contribution in [0.3, 0.4) is 0 Å². The van der Waals surface area contributed by atoms with Crippen molar-refractivity contribution >= 4 is 14.4 Å². The monoisotopic (exact) mass is 330 g/mol. The number of amides is 1. The van der Waals surface area contributed by atoms with Gasteiger partial charge >= 0.3 is 6.09 Å². The summed E-state index contributed by atoms with van der Waals surface area (Å²) in [6, 6.07) is 0. The largest absolute Gasteiger partial charge is 0.444 e. The molecule has 0 aliphatic carbocycles. The van der Waals surface area contributed by atoms with Gasteiger partial charge in [-0.25, -0.2) is 4.79 Å². The van der Waals surface area contributed by atoms with Crippen LogP contribution in [-0.4, -0.2) is 43.4 Å². The summed E-state index contributed by atoms with van der Waals surface area (Å²) in [5.41, 5.74) is -0.754. The maximum atomic E-state index is 12.1. The summed E-state index contributed by atoms with van der Waals surface area (Å²) in [6.07, 6.45) is 2.29. The molecule has 5 nitrogen and oxygen atoms in total. The van der Waals surface area contributed by atoms with Crippen LogP contribution < -0.4 is 10.6 Å². The van der Waals surface area contributed by atoms with Gasteiger partial charge in [0.25, 0.3) is 0 Å². The molecular weight excluding hydrogens is 296 g/mol. The molecule has 1 fully saturated rings. The van der Waals surface area contributed by atoms with Gasteiger partial charge in [0, 0.05) is 6.54 Å². The maximum Gasteiger partial charge on any atom is 0.408 e. The molecule has 1 saturated heterocycles. The van der Waals surface area contributed by atoms with E-state index in [0.29, 0.717) is 0 Å². The lowest BCUT2D eigenvalue weighted by molar-refractivity contribution is 0.0455. The first kappa shape index (κ1) is 19.5. The first-order valence-corrected chi connectivity index (χ1v) is 11.2. The van der Waals surface area contributed by atoms with Gasteiger partial charge in [0.15, 0.2) is 8.32 Å². The number of alkyl carbamates (subject to hydrolysis) is 1. The van der Waals surface area contributed by atoms with E-state index >= 15 is 0 Å². The van der Waals surface area contributed by atoms with Crippen LogP contribution in [0.25, 0.3) is 0 Å². The molecule has 0 radical (unpaired) electrons. The molecule has 1 aliphatic heterocycles. The zero-order valence-electron chi connectivity index (χ0n) is 15.3. The van der Waals surface area contributed by atoms with Crippen molar-refractivity contribution in [1.29, 1.82) is 0 Å². The van der Waals surface area contributed by atoms with Gasteiger partial charge in [0.05, 0.1) is 5.54 Å². The molecule has 0 aromatic rings. The molecule has 3 N–H and O–H groups in total. The van der Waals surface area contributed by atoms with Crippen molar-refractivity contribution in [3.05, 3.63) is 0 Å². The fourth-order valence-electron chi connectivity index (χ4n) is 2.50. The van der Waals surface area contributed by atoms with E-state index in [-0.39, 0.29) is 16.7 Å². The van der Waals surface area contributed by atoms with E-state index in [1.807, 2.05) is 33.9 Å². The van der Waals surface area contributed by atoms with Crippen LogP contribution in [0.2, 0.25) is 18.1 Å². The minimum Gasteiger partial charge on any atom is -0.444 e. The molecule has 1 heterocycles. The fourth-order valence-corrected chi connectivity index (χ4v) is 3.24. The highest BCUT2D eigenvalue weighted by Gasteiger charge is 2.42. The summed E-state index contributed by atoms with van der Waals surface area (Å²) in [5, 5.41) is 6.33. The Bertz CT molecular complexity index is 391. The minimum absolute atomic E-state index is 0.0851. The molecule has 0 saturated carbocycles. The average Bonchev–Trinajstić information content (AvgIpc) is 2.71. The summed E-state index contributed by atoms with van der Waals surface area (Å²) in [6.45, 7) is 15.5. The lowest BCUT2D eigenvalue weighted by Crippen LogP contribution is -2.52. The van der Waals surface area contributed by atoms with Crippen molar-refractivity contribution in [2.45, 2.75) is 83.2 Å². The van der Waals surface area contributed by atoms with Crippen molar-refractivity contribution in [3.63, 3.8) is 0 Å². The van der Waals surface area contributed by atoms with Crippen LogP contribution in [0.1, 0.15) is 53.9 Å². The third-order valence-corrected chi connectivity index (χ3v) is 8.46. The Balaban J connectivity index is 2.71. The second-order valence-corrected chi connectivity index (χ2v) is 13.2. The van der Waals surface area contributed by atoms with Gasteiger partial charge in [0.2, 0.25) is 0 Å². The first-order valence-electron chi connectivity index (χ1n) is 8.21. The molecule has 0 aromatic heterocycles. The number of carbonyl (C=O) groups is 1. The lowest BCUT2D eigenvalue weighted by atomic mass is 9.89. The molecule has 0 spiro atoms. The quantitative estimate of drug-likeness (QED) is 0.678. The normalized spacial score (nSPS) is 23.5. The van der Waals surface area contributed by atoms with Gasteiger partial charge in [0.1, 0.15) is 5.60 Å². The second-order valence-electron chi connectivity index (χ2n) is 8.78. The standard InChI is InChI=1S/C16H34N2O3Si/c1-14(2,3)21-13(19)18-16(10-11-17-12-16)9-8-15(4,5)22(6,7)20/h17,20H,8-12H2,1-7H3,(H,18,19). The molecule has 1 atom stereocenters. The average molecular weight is 331 g/mol. The first-order chi connectivity index (χ1) is 9.77. The van der Waals surface area contributed by atoms with Crippen LogP contribution in [0.5, 0.6) is 0 Å². The molecule has 1 rings (SSSR count). The van der Waals surface area contributed by atoms with Gasteiger partial charge in [-0.2, -0.15) is 0 Å². The van der Waals surface area contributed by atoms with Gasteiger partial charge < -0.3 is 20.2 Å². The Hall–Kier alpha value is -0.593. The van der Waals surface area contributed by atoms with E-state index in [9.17, 15) is 9.59 Å². The third kappa shape index (κ3) is 5.55. The smallest absolute Gasteiger partial charge is 0.408 e. The van der Waals surface area contributed by atoms with Crippen molar-refractivity contribution in [3.8, 4) is 0 Å². The van der Waals surface area contributed by atoms with Gasteiger partial charge in [-0.1, -0.05) is 13.8 Å². The minimum atomic E-state index is -2.23. The van der Waals surface area contributed by atoms with Crippen LogP contribution >= 0.6 is 0 Å². The molecule has 0 aromatic carbocycles. The van der Waals surface area contributed by atoms with Gasteiger partial charge in [-0.05, 0) is 64.7 Å². The number of hydrogen-bond donors (Lipinski definition) is 3. The summed E-state index contributed by atoms with van der Waals surface area (Å²) in [7, 11) is -2.23. The molecule has 1 aliphatic rings. The van der Waals surface area contributed by atoms with Crippen molar-refractivity contribution in [2.24, 2.45) is 0 Å². The SMILES string of the molecule is CC(C)(C)OC(=O)NC1(CCC(C)(C)[Si](C)(C)O)CCNC1. The second kappa shape index (κ2) is 6.49. The van der Waals surface area contributed by atoms with Gasteiger partial charge in [-0.15, -0.1) is 0 Å². The number of rotatable bonds is 5. The van der Waals surface area contributed by atoms with Crippen LogP contribution in [0.15, 0.2) is 0 Å². The highest BCUT2D eigenvalue weighted by Crippen LogP contribution is 2.42. The Kier molecular flexibility index (Phi) is 5.74. The predicted molar refractivity (Wildman–Crippen MR) is 92.6 cm³/mol. The maximum absolute atomic E-state index is 12.1. The Morgan fingerprint density at radius 2 is 1.91 bits per heavy atom. The van der Waals surface area contributed by atoms with E-state index in [4.69, 9.17) is 4.74 Å². The van der Waals surface area contributed by atoms with E-state index in [0.717, 1.165) is 32.4 Å². The van der Waals surface area contributed by atoms with E-state index in [2.05, 4.69) is 24.5 Å². The fraction of sp³-hybridized carbons (Fsp3) is 0.938. The van der Waals surface area contributed by atoms with E-state index in [1.54, 1.807) is 0 Å². The number of carbonyl (C=O) groups excluding carboxylic acids is 1. The van der Waals surface area contributed by atoms with Crippen LogP contribution in [0, 0.1) is 0 Å². The number of ether oxygens (including phenoxy) is 1. The highest BCUT2D eigenvalue weighted by molar-refractivity contribution is 6.72. The predicted octanol–water partition coefficient (Wildman–Crippen LogP) is 3.00. The summed E-state index contributed by atoms with van der Waals surface area (Å²) in [5.74, 6) is 0. The Morgan fingerprint density at radius 1 is 1.32 bits per heavy atom. The van der Waals surface area contributed by atoms with Crippen molar-refractivity contribution < 1.29 is 14.3 Å². The molecular formula is C16H34N2O3Si. The zero-order valence-corrected chi connectivity index (χ0v) is 16.3. The zero-order chi connectivity index (χ0) is 17.2. The van der Waals surface area contributed by atoms with Crippen LogP contribution in [-0.2, 0) is 4.74 Å². The lowest BCUT2D eigenvalue weighted by Gasteiger charge is -2.39. The van der Waals surface area contributed by atoms with E-state index in [1.165, 1.54) is 0 Å². The van der Waals surface area contributed by atoms with Crippen molar-refractivity contribution in [2.75, 3.05) is 13.1 Å². The summed E-state index contributed by atoms with van der Waals surface area (Å²) >= 11 is 0. The Labute approximate surface area is 136 Å². The van der Waals surface area contributed by atoms with E-state index < -0.39 is 13.9 Å². The molecule has 130 valence electrons. The molecule has 6 heteroatoms. The summed E-state index contributed by atoms with van der Waals surface area (Å²) in [4.78, 5) is 22.6. The number of nitrogens with one attached hydrogen (secondary N) is 2. The van der Waals surface area contributed by atoms with Crippen molar-refractivity contribution in [1.82, 2.24) is 10.6 Å². The highest BCUT2D eigenvalue weighted by atomic mass is 28.4. The van der Waals surface area contributed by atoms with Gasteiger partial charge in [-0.3, -0.25) is 0 Å². The molecule has 22 heavy (non-hydrogen) atoms.